The van der Waals surface area contributed by atoms with Crippen LogP contribution in [0.4, 0.5) is 9.18 Å². The van der Waals surface area contributed by atoms with Gasteiger partial charge < -0.3 is 4.90 Å². The van der Waals surface area contributed by atoms with E-state index in [-0.39, 0.29) is 13.1 Å². The second-order valence-corrected chi connectivity index (χ2v) is 2.08. The number of likely N-dealkylation sites (tertiary alicyclic amines) is 1. The molecular weight excluding hydrogens is 133 g/mol. The van der Waals surface area contributed by atoms with Gasteiger partial charge in [-0.2, -0.15) is 0 Å². The maximum atomic E-state index is 11.9. The van der Waals surface area contributed by atoms with Crippen molar-refractivity contribution in [2.24, 2.45) is 0 Å². The van der Waals surface area contributed by atoms with E-state index in [0.717, 1.165) is 0 Å². The first-order valence-electron chi connectivity index (χ1n) is 2.28. The molecule has 1 fully saturated rings. The number of rotatable bonds is 0. The number of hydrogen-bond donors (Lipinski definition) is 0. The Labute approximate surface area is 51.2 Å². The van der Waals surface area contributed by atoms with Gasteiger partial charge in [-0.05, 0) is 11.6 Å². The SMILES string of the molecule is O=C(Cl)N1CC(F)C1. The van der Waals surface area contributed by atoms with Crippen LogP contribution in [0.15, 0.2) is 0 Å². The van der Waals surface area contributed by atoms with Gasteiger partial charge in [-0.3, -0.25) is 4.79 Å². The third-order valence-corrected chi connectivity index (χ3v) is 1.32. The fourth-order valence-electron chi connectivity index (χ4n) is 0.568. The van der Waals surface area contributed by atoms with Crippen molar-refractivity contribution in [2.75, 3.05) is 13.1 Å². The Balaban J connectivity index is 2.25. The molecule has 2 nitrogen and oxygen atoms in total. The highest BCUT2D eigenvalue weighted by molar-refractivity contribution is 6.62. The normalized spacial score (nSPS) is 20.5. The van der Waals surface area contributed by atoms with Crippen LogP contribution in [-0.2, 0) is 0 Å². The molecule has 46 valence electrons. The van der Waals surface area contributed by atoms with Crippen LogP contribution < -0.4 is 0 Å². The molecule has 0 aliphatic carbocycles. The quantitative estimate of drug-likeness (QED) is 0.360. The third kappa shape index (κ3) is 0.916. The maximum Gasteiger partial charge on any atom is 0.316 e. The average Bonchev–Trinajstić information content (AvgIpc) is 1.57. The fourth-order valence-corrected chi connectivity index (χ4v) is 0.706. The highest BCUT2D eigenvalue weighted by Crippen LogP contribution is 2.12. The Morgan fingerprint density at radius 2 is 2.25 bits per heavy atom. The minimum absolute atomic E-state index is 0.169. The monoisotopic (exact) mass is 137 g/mol. The molecule has 0 radical (unpaired) electrons. The molecule has 0 saturated carbocycles. The van der Waals surface area contributed by atoms with Crippen LogP contribution >= 0.6 is 11.6 Å². The summed E-state index contributed by atoms with van der Waals surface area (Å²) in [6, 6.07) is 0. The van der Waals surface area contributed by atoms with E-state index in [1.807, 2.05) is 0 Å². The van der Waals surface area contributed by atoms with Crippen LogP contribution in [0, 0.1) is 0 Å². The summed E-state index contributed by atoms with van der Waals surface area (Å²) in [5.41, 5.74) is 0. The summed E-state index contributed by atoms with van der Waals surface area (Å²) in [6.45, 7) is 0.338. The number of nitrogens with zero attached hydrogens (tertiary/aromatic N) is 1. The van der Waals surface area contributed by atoms with E-state index < -0.39 is 11.5 Å². The van der Waals surface area contributed by atoms with E-state index in [4.69, 9.17) is 11.6 Å². The van der Waals surface area contributed by atoms with Gasteiger partial charge in [0, 0.05) is 0 Å². The van der Waals surface area contributed by atoms with Gasteiger partial charge in [0.2, 0.25) is 0 Å². The standard InChI is InChI=1S/C4H5ClFNO/c5-4(8)7-1-3(6)2-7/h3H,1-2H2. The van der Waals surface area contributed by atoms with Gasteiger partial charge in [-0.25, -0.2) is 4.39 Å². The van der Waals surface area contributed by atoms with Gasteiger partial charge >= 0.3 is 5.37 Å². The predicted molar refractivity (Wildman–Crippen MR) is 27.7 cm³/mol. The first-order valence-corrected chi connectivity index (χ1v) is 2.66. The first kappa shape index (κ1) is 5.82. The third-order valence-electron chi connectivity index (χ3n) is 1.09. The van der Waals surface area contributed by atoms with Crippen LogP contribution in [0.2, 0.25) is 0 Å². The molecule has 0 aromatic carbocycles. The summed E-state index contributed by atoms with van der Waals surface area (Å²) in [5.74, 6) is 0. The van der Waals surface area contributed by atoms with Crippen molar-refractivity contribution in [1.29, 1.82) is 0 Å². The summed E-state index contributed by atoms with van der Waals surface area (Å²) in [7, 11) is 0. The Morgan fingerprint density at radius 3 is 2.38 bits per heavy atom. The predicted octanol–water partition coefficient (Wildman–Crippen LogP) is 0.999. The molecule has 4 heteroatoms. The van der Waals surface area contributed by atoms with Crippen molar-refractivity contribution in [3.8, 4) is 0 Å². The molecule has 1 amide bonds. The lowest BCUT2D eigenvalue weighted by atomic mass is 10.2. The van der Waals surface area contributed by atoms with Gasteiger partial charge in [0.15, 0.2) is 0 Å². The highest BCUT2D eigenvalue weighted by Gasteiger charge is 2.28. The number of hydrogen-bond acceptors (Lipinski definition) is 1. The first-order chi connectivity index (χ1) is 3.70. The molecule has 0 N–H and O–H groups in total. The average molecular weight is 138 g/mol. The van der Waals surface area contributed by atoms with Crippen LogP contribution in [-0.4, -0.2) is 29.5 Å². The smallest absolute Gasteiger partial charge is 0.316 e. The van der Waals surface area contributed by atoms with Gasteiger partial charge in [-0.1, -0.05) is 0 Å². The van der Waals surface area contributed by atoms with Crippen LogP contribution in [0.25, 0.3) is 0 Å². The van der Waals surface area contributed by atoms with Gasteiger partial charge in [0.1, 0.15) is 6.17 Å². The summed E-state index contributed by atoms with van der Waals surface area (Å²) < 4.78 is 11.9. The van der Waals surface area contributed by atoms with Crippen LogP contribution in [0.5, 0.6) is 0 Å². The largest absolute Gasteiger partial charge is 0.323 e. The van der Waals surface area contributed by atoms with Gasteiger partial charge in [0.25, 0.3) is 0 Å². The van der Waals surface area contributed by atoms with E-state index in [9.17, 15) is 9.18 Å². The van der Waals surface area contributed by atoms with E-state index in [1.165, 1.54) is 4.90 Å². The van der Waals surface area contributed by atoms with E-state index in [2.05, 4.69) is 0 Å². The van der Waals surface area contributed by atoms with E-state index in [1.54, 1.807) is 0 Å². The molecule has 1 aliphatic rings. The molecule has 1 aliphatic heterocycles. The lowest BCUT2D eigenvalue weighted by molar-refractivity contribution is 0.103. The molecule has 1 heterocycles. The molecule has 0 aromatic rings. The summed E-state index contributed by atoms with van der Waals surface area (Å²) in [6.07, 6.45) is -0.849. The van der Waals surface area contributed by atoms with Crippen molar-refractivity contribution in [2.45, 2.75) is 6.17 Å². The van der Waals surface area contributed by atoms with Gasteiger partial charge in [0.05, 0.1) is 13.1 Å². The zero-order valence-corrected chi connectivity index (χ0v) is 4.86. The Bertz CT molecular complexity index is 113. The number of alkyl halides is 1. The Morgan fingerprint density at radius 1 is 1.75 bits per heavy atom. The maximum absolute atomic E-state index is 11.9. The van der Waals surface area contributed by atoms with Crippen molar-refractivity contribution in [1.82, 2.24) is 4.90 Å². The molecule has 0 spiro atoms. The summed E-state index contributed by atoms with van der Waals surface area (Å²) in [5, 5.41) is -0.557. The van der Waals surface area contributed by atoms with Crippen molar-refractivity contribution < 1.29 is 9.18 Å². The molecule has 0 aromatic heterocycles. The molecular formula is C4H5ClFNO. The minimum atomic E-state index is -0.849. The zero-order valence-electron chi connectivity index (χ0n) is 4.10. The van der Waals surface area contributed by atoms with Crippen molar-refractivity contribution >= 4 is 17.0 Å². The minimum Gasteiger partial charge on any atom is -0.323 e. The van der Waals surface area contributed by atoms with E-state index in [0.29, 0.717) is 0 Å². The zero-order chi connectivity index (χ0) is 6.15. The topological polar surface area (TPSA) is 20.3 Å². The molecule has 0 bridgehead atoms. The Hall–Kier alpha value is -0.310. The number of halogens is 2. The molecule has 0 atom stereocenters. The van der Waals surface area contributed by atoms with Crippen LogP contribution in [0.1, 0.15) is 0 Å². The number of carbonyl (C=O) groups excluding carboxylic acids is 1. The summed E-state index contributed by atoms with van der Waals surface area (Å²) >= 11 is 4.97. The van der Waals surface area contributed by atoms with Crippen molar-refractivity contribution in [3.63, 3.8) is 0 Å². The molecule has 0 unspecified atom stereocenters. The Kier molecular flexibility index (Phi) is 1.38. The van der Waals surface area contributed by atoms with E-state index >= 15 is 0 Å². The number of amides is 1. The van der Waals surface area contributed by atoms with Crippen molar-refractivity contribution in [3.05, 3.63) is 0 Å². The molecule has 1 saturated heterocycles. The summed E-state index contributed by atoms with van der Waals surface area (Å²) in [4.78, 5) is 11.3. The van der Waals surface area contributed by atoms with Crippen LogP contribution in [0.3, 0.4) is 0 Å². The highest BCUT2D eigenvalue weighted by atomic mass is 35.5. The number of carbonyl (C=O) groups is 1. The lowest BCUT2D eigenvalue weighted by Crippen LogP contribution is -2.49. The molecule has 1 rings (SSSR count). The van der Waals surface area contributed by atoms with Gasteiger partial charge in [-0.15, -0.1) is 0 Å². The molecule has 8 heavy (non-hydrogen) atoms. The second-order valence-electron chi connectivity index (χ2n) is 1.76. The fraction of sp³-hybridized carbons (Fsp3) is 0.750. The second kappa shape index (κ2) is 1.90. The lowest BCUT2D eigenvalue weighted by Gasteiger charge is -2.31.